The average Bonchev–Trinajstić information content (AvgIpc) is 2.71. The fourth-order valence-corrected chi connectivity index (χ4v) is 3.90. The van der Waals surface area contributed by atoms with Crippen molar-refractivity contribution in [2.45, 2.75) is 57.6 Å². The van der Waals surface area contributed by atoms with Crippen LogP contribution in [0.4, 0.5) is 16.4 Å². The minimum absolute atomic E-state index is 0.0755. The molecule has 0 unspecified atom stereocenters. The third kappa shape index (κ3) is 5.84. The van der Waals surface area contributed by atoms with Crippen LogP contribution in [0.15, 0.2) is 23.5 Å². The summed E-state index contributed by atoms with van der Waals surface area (Å²) in [6.45, 7) is 8.38. The summed E-state index contributed by atoms with van der Waals surface area (Å²) in [5.41, 5.74) is 1.39. The van der Waals surface area contributed by atoms with E-state index in [1.807, 2.05) is 20.8 Å². The molecular weight excluding hydrogens is 434 g/mol. The molecule has 1 fully saturated rings. The standard InChI is InChI=1S/C21H29N5O5S/c1-13(2)30-21(27)26-8-6-16(7-9-26)31-20-15(4)19(23-12-24-20)25-18-14(3)10-17(11-22-18)32(5,28)29/h10-13,16H,6-9H2,1-5H3,(H,22,23,24,25). The fourth-order valence-electron chi connectivity index (χ4n) is 3.26. The Balaban J connectivity index is 1.66. The quantitative estimate of drug-likeness (QED) is 0.688. The summed E-state index contributed by atoms with van der Waals surface area (Å²) < 4.78 is 34.8. The van der Waals surface area contributed by atoms with Crippen LogP contribution in [0.1, 0.15) is 37.8 Å². The number of carbonyl (C=O) groups excluding carboxylic acids is 1. The maximum Gasteiger partial charge on any atom is 0.410 e. The summed E-state index contributed by atoms with van der Waals surface area (Å²) in [6.07, 6.45) is 4.69. The highest BCUT2D eigenvalue weighted by Crippen LogP contribution is 2.27. The number of amides is 1. The number of piperidine rings is 1. The molecule has 0 saturated carbocycles. The highest BCUT2D eigenvalue weighted by molar-refractivity contribution is 7.90. The summed E-state index contributed by atoms with van der Waals surface area (Å²) in [5, 5.41) is 3.13. The molecular formula is C21H29N5O5S. The number of hydrogen-bond acceptors (Lipinski definition) is 9. The number of aryl methyl sites for hydroxylation is 1. The minimum Gasteiger partial charge on any atom is -0.474 e. The van der Waals surface area contributed by atoms with E-state index in [0.29, 0.717) is 54.6 Å². The van der Waals surface area contributed by atoms with Crippen molar-refractivity contribution in [3.63, 3.8) is 0 Å². The van der Waals surface area contributed by atoms with Crippen LogP contribution in [0.3, 0.4) is 0 Å². The Morgan fingerprint density at radius 2 is 1.84 bits per heavy atom. The molecule has 2 aromatic rings. The van der Waals surface area contributed by atoms with E-state index >= 15 is 0 Å². The van der Waals surface area contributed by atoms with E-state index < -0.39 is 9.84 Å². The second kappa shape index (κ2) is 9.68. The second-order valence-electron chi connectivity index (χ2n) is 8.12. The molecule has 1 N–H and O–H groups in total. The smallest absolute Gasteiger partial charge is 0.410 e. The molecule has 3 rings (SSSR count). The van der Waals surface area contributed by atoms with Crippen molar-refractivity contribution >= 4 is 27.6 Å². The molecule has 174 valence electrons. The molecule has 0 aliphatic carbocycles. The van der Waals surface area contributed by atoms with E-state index in [1.54, 1.807) is 17.9 Å². The number of anilines is 2. The summed E-state index contributed by atoms with van der Waals surface area (Å²) in [4.78, 5) is 26.7. The van der Waals surface area contributed by atoms with Crippen LogP contribution in [0.5, 0.6) is 5.88 Å². The van der Waals surface area contributed by atoms with Gasteiger partial charge < -0.3 is 19.7 Å². The second-order valence-corrected chi connectivity index (χ2v) is 10.1. The predicted octanol–water partition coefficient (Wildman–Crippen LogP) is 3.02. The normalized spacial score (nSPS) is 15.0. The Morgan fingerprint density at radius 1 is 1.16 bits per heavy atom. The van der Waals surface area contributed by atoms with Crippen LogP contribution in [-0.4, -0.2) is 65.9 Å². The lowest BCUT2D eigenvalue weighted by atomic mass is 10.1. The first-order chi connectivity index (χ1) is 15.0. The number of carbonyl (C=O) groups is 1. The Bertz CT molecular complexity index is 1080. The molecule has 10 nitrogen and oxygen atoms in total. The van der Waals surface area contributed by atoms with Crippen LogP contribution >= 0.6 is 0 Å². The number of ether oxygens (including phenoxy) is 2. The van der Waals surface area contributed by atoms with Gasteiger partial charge >= 0.3 is 6.09 Å². The fraction of sp³-hybridized carbons (Fsp3) is 0.524. The van der Waals surface area contributed by atoms with Gasteiger partial charge in [-0.15, -0.1) is 0 Å². The van der Waals surface area contributed by atoms with E-state index in [0.717, 1.165) is 6.26 Å². The Kier molecular flexibility index (Phi) is 7.17. The van der Waals surface area contributed by atoms with E-state index in [4.69, 9.17) is 9.47 Å². The first-order valence-electron chi connectivity index (χ1n) is 10.4. The Hall–Kier alpha value is -2.95. The third-order valence-corrected chi connectivity index (χ3v) is 6.15. The molecule has 1 aliphatic rings. The Morgan fingerprint density at radius 3 is 2.44 bits per heavy atom. The van der Waals surface area contributed by atoms with Gasteiger partial charge in [-0.3, -0.25) is 0 Å². The first kappa shape index (κ1) is 23.7. The van der Waals surface area contributed by atoms with Crippen molar-refractivity contribution in [1.29, 1.82) is 0 Å². The van der Waals surface area contributed by atoms with E-state index in [9.17, 15) is 13.2 Å². The highest BCUT2D eigenvalue weighted by Gasteiger charge is 2.26. The Labute approximate surface area is 188 Å². The summed E-state index contributed by atoms with van der Waals surface area (Å²) in [6, 6.07) is 1.57. The molecule has 0 bridgehead atoms. The molecule has 0 spiro atoms. The largest absolute Gasteiger partial charge is 0.474 e. The zero-order valence-electron chi connectivity index (χ0n) is 19.0. The number of nitrogens with one attached hydrogen (secondary N) is 1. The van der Waals surface area contributed by atoms with Gasteiger partial charge in [-0.1, -0.05) is 0 Å². The molecule has 0 atom stereocenters. The first-order valence-corrected chi connectivity index (χ1v) is 12.3. The van der Waals surface area contributed by atoms with Crippen LogP contribution in [0, 0.1) is 13.8 Å². The van der Waals surface area contributed by atoms with Crippen molar-refractivity contribution in [2.24, 2.45) is 0 Å². The van der Waals surface area contributed by atoms with Crippen molar-refractivity contribution < 1.29 is 22.7 Å². The predicted molar refractivity (Wildman–Crippen MR) is 119 cm³/mol. The number of pyridine rings is 1. The SMILES string of the molecule is Cc1cc(S(C)(=O)=O)cnc1Nc1ncnc(OC2CCN(C(=O)OC(C)C)CC2)c1C. The van der Waals surface area contributed by atoms with Gasteiger partial charge in [-0.2, -0.15) is 0 Å². The molecule has 11 heteroatoms. The lowest BCUT2D eigenvalue weighted by Crippen LogP contribution is -2.42. The van der Waals surface area contributed by atoms with Crippen molar-refractivity contribution in [3.8, 4) is 5.88 Å². The van der Waals surface area contributed by atoms with Crippen molar-refractivity contribution in [2.75, 3.05) is 24.7 Å². The lowest BCUT2D eigenvalue weighted by Gasteiger charge is -2.32. The lowest BCUT2D eigenvalue weighted by molar-refractivity contribution is 0.0505. The third-order valence-electron chi connectivity index (χ3n) is 5.07. The maximum atomic E-state index is 12.0. The number of aromatic nitrogens is 3. The van der Waals surface area contributed by atoms with E-state index in [2.05, 4.69) is 20.3 Å². The minimum atomic E-state index is -3.33. The van der Waals surface area contributed by atoms with Gasteiger partial charge in [0.1, 0.15) is 24.1 Å². The van der Waals surface area contributed by atoms with Crippen LogP contribution in [-0.2, 0) is 14.6 Å². The number of rotatable bonds is 6. The van der Waals surface area contributed by atoms with Crippen LogP contribution in [0.25, 0.3) is 0 Å². The highest BCUT2D eigenvalue weighted by atomic mass is 32.2. The van der Waals surface area contributed by atoms with Gasteiger partial charge in [0.25, 0.3) is 0 Å². The summed E-state index contributed by atoms with van der Waals surface area (Å²) >= 11 is 0. The number of likely N-dealkylation sites (tertiary alicyclic amines) is 1. The van der Waals surface area contributed by atoms with Crippen LogP contribution in [0.2, 0.25) is 0 Å². The van der Waals surface area contributed by atoms with Gasteiger partial charge in [0.15, 0.2) is 9.84 Å². The molecule has 2 aromatic heterocycles. The van der Waals surface area contributed by atoms with Gasteiger partial charge in [0, 0.05) is 38.4 Å². The van der Waals surface area contributed by atoms with Gasteiger partial charge in [-0.25, -0.2) is 28.2 Å². The number of nitrogens with zero attached hydrogens (tertiary/aromatic N) is 4. The van der Waals surface area contributed by atoms with Gasteiger partial charge in [-0.05, 0) is 39.3 Å². The monoisotopic (exact) mass is 463 g/mol. The van der Waals surface area contributed by atoms with Crippen LogP contribution < -0.4 is 10.1 Å². The molecule has 1 saturated heterocycles. The molecule has 3 heterocycles. The molecule has 32 heavy (non-hydrogen) atoms. The maximum absolute atomic E-state index is 12.0. The summed E-state index contributed by atoms with van der Waals surface area (Å²) in [5.74, 6) is 1.48. The zero-order valence-corrected chi connectivity index (χ0v) is 19.8. The molecule has 1 aliphatic heterocycles. The average molecular weight is 464 g/mol. The number of hydrogen-bond donors (Lipinski definition) is 1. The van der Waals surface area contributed by atoms with Crippen molar-refractivity contribution in [1.82, 2.24) is 19.9 Å². The van der Waals surface area contributed by atoms with Crippen molar-refractivity contribution in [3.05, 3.63) is 29.7 Å². The molecule has 0 radical (unpaired) electrons. The molecule has 0 aromatic carbocycles. The van der Waals surface area contributed by atoms with Gasteiger partial charge in [0.05, 0.1) is 16.6 Å². The topological polar surface area (TPSA) is 124 Å². The van der Waals surface area contributed by atoms with E-state index in [-0.39, 0.29) is 23.2 Å². The summed E-state index contributed by atoms with van der Waals surface area (Å²) in [7, 11) is -3.33. The number of sulfone groups is 1. The van der Waals surface area contributed by atoms with E-state index in [1.165, 1.54) is 12.5 Å². The van der Waals surface area contributed by atoms with Gasteiger partial charge in [0.2, 0.25) is 5.88 Å². The zero-order chi connectivity index (χ0) is 23.5. The molecule has 1 amide bonds.